The minimum absolute atomic E-state index is 0.248. The standard InChI is InChI=1S/C27H44O/c1-18(2)9-8-10-19(3)25-24(28)17-23-21-13-12-20-11-6-7-15-26(20,4)22(21)14-16-27(23,25)5/h8,10,18-23,25H,6-7,9,11-17H2,1-5H3/b10-8-/t19-,20?,21-,22+,23+,25+,26+,27+/m1/s1. The lowest BCUT2D eigenvalue weighted by Crippen LogP contribution is -2.53. The van der Waals surface area contributed by atoms with Gasteiger partial charge in [0.2, 0.25) is 0 Å². The maximum absolute atomic E-state index is 13.3. The average molecular weight is 385 g/mol. The quantitative estimate of drug-likeness (QED) is 0.460. The summed E-state index contributed by atoms with van der Waals surface area (Å²) in [6, 6.07) is 0. The maximum Gasteiger partial charge on any atom is 0.137 e. The number of hydrogen-bond donors (Lipinski definition) is 0. The van der Waals surface area contributed by atoms with E-state index in [2.05, 4.69) is 46.8 Å². The number of Topliss-reactive ketones (excluding diaryl/α,β-unsaturated/α-hetero) is 1. The molecular weight excluding hydrogens is 340 g/mol. The third kappa shape index (κ3) is 3.24. The van der Waals surface area contributed by atoms with Crippen LogP contribution in [0.5, 0.6) is 0 Å². The van der Waals surface area contributed by atoms with Crippen LogP contribution in [-0.2, 0) is 4.79 Å². The molecule has 4 rings (SSSR count). The lowest BCUT2D eigenvalue weighted by Gasteiger charge is -2.60. The van der Waals surface area contributed by atoms with Gasteiger partial charge in [-0.25, -0.2) is 0 Å². The van der Waals surface area contributed by atoms with E-state index in [0.717, 1.165) is 30.6 Å². The summed E-state index contributed by atoms with van der Waals surface area (Å²) in [4.78, 5) is 13.3. The first-order chi connectivity index (χ1) is 13.3. The molecule has 0 amide bonds. The molecule has 158 valence electrons. The number of hydrogen-bond acceptors (Lipinski definition) is 1. The third-order valence-electron chi connectivity index (χ3n) is 10.1. The Morgan fingerprint density at radius 2 is 1.75 bits per heavy atom. The van der Waals surface area contributed by atoms with Crippen molar-refractivity contribution in [2.24, 2.45) is 52.3 Å². The molecule has 1 unspecified atom stereocenters. The van der Waals surface area contributed by atoms with E-state index in [0.29, 0.717) is 29.0 Å². The van der Waals surface area contributed by atoms with Crippen LogP contribution in [0.4, 0.5) is 0 Å². The lowest BCUT2D eigenvalue weighted by atomic mass is 9.44. The van der Waals surface area contributed by atoms with Gasteiger partial charge in [-0.1, -0.05) is 59.6 Å². The molecule has 0 spiro atoms. The number of allylic oxidation sites excluding steroid dienone is 2. The van der Waals surface area contributed by atoms with E-state index in [1.165, 1.54) is 51.4 Å². The van der Waals surface area contributed by atoms with Gasteiger partial charge in [0, 0.05) is 12.3 Å². The van der Waals surface area contributed by atoms with Gasteiger partial charge in [-0.05, 0) is 91.3 Å². The summed E-state index contributed by atoms with van der Waals surface area (Å²) >= 11 is 0. The van der Waals surface area contributed by atoms with E-state index in [1.807, 2.05) is 0 Å². The van der Waals surface area contributed by atoms with Crippen LogP contribution in [0.2, 0.25) is 0 Å². The first-order valence-corrected chi connectivity index (χ1v) is 12.5. The van der Waals surface area contributed by atoms with E-state index in [4.69, 9.17) is 0 Å². The molecule has 28 heavy (non-hydrogen) atoms. The number of carbonyl (C=O) groups excluding carboxylic acids is 1. The molecule has 0 aromatic carbocycles. The van der Waals surface area contributed by atoms with E-state index in [1.54, 1.807) is 0 Å². The Balaban J connectivity index is 1.55. The fourth-order valence-corrected chi connectivity index (χ4v) is 8.70. The molecule has 0 aliphatic heterocycles. The van der Waals surface area contributed by atoms with Crippen molar-refractivity contribution in [1.82, 2.24) is 0 Å². The van der Waals surface area contributed by atoms with Gasteiger partial charge in [0.1, 0.15) is 5.78 Å². The first kappa shape index (κ1) is 20.7. The Labute approximate surface area is 174 Å². The molecule has 1 heteroatoms. The zero-order valence-electron chi connectivity index (χ0n) is 19.2. The first-order valence-electron chi connectivity index (χ1n) is 12.5. The van der Waals surface area contributed by atoms with Crippen LogP contribution in [0, 0.1) is 52.3 Å². The van der Waals surface area contributed by atoms with E-state index < -0.39 is 0 Å². The number of fused-ring (bicyclic) bond motifs is 5. The molecule has 0 aromatic heterocycles. The van der Waals surface area contributed by atoms with Crippen LogP contribution < -0.4 is 0 Å². The Kier molecular flexibility index (Phi) is 5.60. The molecule has 0 aromatic rings. The zero-order valence-corrected chi connectivity index (χ0v) is 19.2. The van der Waals surface area contributed by atoms with Gasteiger partial charge < -0.3 is 0 Å². The second-order valence-electron chi connectivity index (χ2n) is 12.0. The smallest absolute Gasteiger partial charge is 0.137 e. The molecule has 4 aliphatic rings. The fourth-order valence-electron chi connectivity index (χ4n) is 8.70. The highest BCUT2D eigenvalue weighted by Crippen LogP contribution is 2.67. The number of carbonyl (C=O) groups is 1. The summed E-state index contributed by atoms with van der Waals surface area (Å²) in [7, 11) is 0. The van der Waals surface area contributed by atoms with Gasteiger partial charge in [-0.3, -0.25) is 4.79 Å². The minimum Gasteiger partial charge on any atom is -0.299 e. The Morgan fingerprint density at radius 3 is 2.50 bits per heavy atom. The molecule has 0 radical (unpaired) electrons. The molecule has 4 saturated carbocycles. The topological polar surface area (TPSA) is 17.1 Å². The molecule has 0 heterocycles. The van der Waals surface area contributed by atoms with Crippen molar-refractivity contribution in [3.63, 3.8) is 0 Å². The van der Waals surface area contributed by atoms with Crippen LogP contribution in [-0.4, -0.2) is 5.78 Å². The van der Waals surface area contributed by atoms with Crippen molar-refractivity contribution in [2.75, 3.05) is 0 Å². The highest BCUT2D eigenvalue weighted by molar-refractivity contribution is 5.85. The molecule has 1 nitrogen and oxygen atoms in total. The van der Waals surface area contributed by atoms with Gasteiger partial charge in [-0.2, -0.15) is 0 Å². The van der Waals surface area contributed by atoms with E-state index >= 15 is 0 Å². The Hall–Kier alpha value is -0.590. The maximum atomic E-state index is 13.3. The molecule has 0 N–H and O–H groups in total. The summed E-state index contributed by atoms with van der Waals surface area (Å²) in [5.41, 5.74) is 0.824. The summed E-state index contributed by atoms with van der Waals surface area (Å²) in [5, 5.41) is 0. The summed E-state index contributed by atoms with van der Waals surface area (Å²) < 4.78 is 0. The highest BCUT2D eigenvalue weighted by atomic mass is 16.1. The Morgan fingerprint density at radius 1 is 0.964 bits per heavy atom. The van der Waals surface area contributed by atoms with Crippen molar-refractivity contribution < 1.29 is 4.79 Å². The second kappa shape index (κ2) is 7.59. The van der Waals surface area contributed by atoms with Crippen LogP contribution >= 0.6 is 0 Å². The van der Waals surface area contributed by atoms with Crippen LogP contribution in [0.3, 0.4) is 0 Å². The molecule has 4 aliphatic carbocycles. The van der Waals surface area contributed by atoms with Crippen molar-refractivity contribution in [3.05, 3.63) is 12.2 Å². The average Bonchev–Trinajstić information content (AvgIpc) is 2.91. The van der Waals surface area contributed by atoms with Gasteiger partial charge in [0.25, 0.3) is 0 Å². The number of rotatable bonds is 4. The molecular formula is C27H44O. The zero-order chi connectivity index (χ0) is 20.1. The van der Waals surface area contributed by atoms with Crippen LogP contribution in [0.25, 0.3) is 0 Å². The molecule has 8 atom stereocenters. The van der Waals surface area contributed by atoms with E-state index in [-0.39, 0.29) is 11.3 Å². The molecule has 0 saturated heterocycles. The highest BCUT2D eigenvalue weighted by Gasteiger charge is 2.62. The summed E-state index contributed by atoms with van der Waals surface area (Å²) in [6.07, 6.45) is 18.1. The van der Waals surface area contributed by atoms with Crippen LogP contribution in [0.15, 0.2) is 12.2 Å². The van der Waals surface area contributed by atoms with Crippen LogP contribution in [0.1, 0.15) is 98.8 Å². The summed E-state index contributed by atoms with van der Waals surface area (Å²) in [5.74, 6) is 5.29. The van der Waals surface area contributed by atoms with Crippen molar-refractivity contribution in [3.8, 4) is 0 Å². The van der Waals surface area contributed by atoms with Crippen molar-refractivity contribution in [2.45, 2.75) is 98.8 Å². The second-order valence-corrected chi connectivity index (χ2v) is 12.0. The fraction of sp³-hybridized carbons (Fsp3) is 0.889. The SMILES string of the molecule is CC(C)C/C=C\[C@@H](C)[C@H]1C(=O)C[C@H]2[C@@H]3CCC4CCCC[C@]4(C)[C@H]3CC[C@]12C. The normalized spacial score (nSPS) is 47.1. The van der Waals surface area contributed by atoms with Gasteiger partial charge in [0.15, 0.2) is 0 Å². The van der Waals surface area contributed by atoms with Crippen molar-refractivity contribution >= 4 is 5.78 Å². The third-order valence-corrected chi connectivity index (χ3v) is 10.1. The van der Waals surface area contributed by atoms with Gasteiger partial charge in [-0.15, -0.1) is 0 Å². The monoisotopic (exact) mass is 384 g/mol. The largest absolute Gasteiger partial charge is 0.299 e. The lowest BCUT2D eigenvalue weighted by molar-refractivity contribution is -0.125. The molecule has 0 bridgehead atoms. The van der Waals surface area contributed by atoms with Gasteiger partial charge in [0.05, 0.1) is 0 Å². The molecule has 4 fully saturated rings. The Bertz CT molecular complexity index is 618. The number of ketones is 1. The van der Waals surface area contributed by atoms with Crippen molar-refractivity contribution in [1.29, 1.82) is 0 Å². The predicted octanol–water partition coefficient (Wildman–Crippen LogP) is 7.45. The van der Waals surface area contributed by atoms with Gasteiger partial charge >= 0.3 is 0 Å². The summed E-state index contributed by atoms with van der Waals surface area (Å²) in [6.45, 7) is 12.0. The minimum atomic E-state index is 0.248. The van der Waals surface area contributed by atoms with E-state index in [9.17, 15) is 4.79 Å². The predicted molar refractivity (Wildman–Crippen MR) is 118 cm³/mol.